The van der Waals surface area contributed by atoms with Crippen LogP contribution in [0.5, 0.6) is 23.0 Å². The van der Waals surface area contributed by atoms with Crippen molar-refractivity contribution >= 4 is 92.0 Å². The Kier molecular flexibility index (Phi) is 14.4. The van der Waals surface area contributed by atoms with Gasteiger partial charge < -0.3 is 29.6 Å². The average Bonchev–Trinajstić information content (AvgIpc) is 3.22. The molecule has 6 rings (SSSR count). The number of aromatic nitrogens is 8. The molecule has 2 N–H and O–H groups in total. The largest absolute Gasteiger partial charge is 0.495 e. The maximum Gasteiger partial charge on any atom is 0.143 e. The molecule has 0 saturated carbocycles. The van der Waals surface area contributed by atoms with E-state index in [0.29, 0.717) is 83.6 Å². The van der Waals surface area contributed by atoms with Crippen LogP contribution in [0.25, 0.3) is 22.5 Å². The van der Waals surface area contributed by atoms with Gasteiger partial charge in [0.15, 0.2) is 0 Å². The molecule has 21 heteroatoms. The van der Waals surface area contributed by atoms with Gasteiger partial charge in [-0.15, -0.1) is 11.8 Å². The molecule has 55 heavy (non-hydrogen) atoms. The number of nitrogens with zero attached hydrogens (tertiary/aromatic N) is 8. The first-order valence-corrected chi connectivity index (χ1v) is 19.7. The molecule has 15 nitrogen and oxygen atoms in total. The minimum absolute atomic E-state index is 0.260. The molecule has 4 heterocycles. The van der Waals surface area contributed by atoms with E-state index >= 15 is 0 Å². The monoisotopic (exact) mass is 862 g/mol. The molecule has 0 saturated heterocycles. The lowest BCUT2D eigenvalue weighted by atomic mass is 10.2. The Bertz CT molecular complexity index is 2290. The van der Waals surface area contributed by atoms with Crippen LogP contribution >= 0.6 is 58.2 Å². The summed E-state index contributed by atoms with van der Waals surface area (Å²) in [6, 6.07) is 6.66. The lowest BCUT2D eigenvalue weighted by molar-refractivity contribution is 0.395. The third-order valence-corrected chi connectivity index (χ3v) is 10.4. The van der Waals surface area contributed by atoms with Crippen molar-refractivity contribution < 1.29 is 23.2 Å². The Balaban J connectivity index is 0.000000211. The zero-order valence-electron chi connectivity index (χ0n) is 29.7. The van der Waals surface area contributed by atoms with Crippen molar-refractivity contribution in [2.24, 2.45) is 0 Å². The first kappa shape index (κ1) is 41.4. The highest BCUT2D eigenvalue weighted by Crippen LogP contribution is 2.47. The van der Waals surface area contributed by atoms with Gasteiger partial charge in [0, 0.05) is 30.8 Å². The van der Waals surface area contributed by atoms with Crippen molar-refractivity contribution in [3.63, 3.8) is 0 Å². The SMILES string of the molecule is COc1cc(OC)c(Cl)c(Nc2ncncc2-c2cc(S(C)=O)ncn2)c1Cl.COc1cc(OC)c(Cl)c(Nc2ncncc2-c2cc(SC)ncn2)c1Cl. The Morgan fingerprint density at radius 2 is 1.00 bits per heavy atom. The number of ether oxygens (including phenoxy) is 4. The van der Waals surface area contributed by atoms with Crippen molar-refractivity contribution in [1.29, 1.82) is 0 Å². The summed E-state index contributed by atoms with van der Waals surface area (Å²) in [5, 5.41) is 8.59. The molecular weight excluding hydrogens is 834 g/mol. The maximum atomic E-state index is 11.7. The van der Waals surface area contributed by atoms with E-state index in [9.17, 15) is 4.21 Å². The molecule has 286 valence electrons. The summed E-state index contributed by atoms with van der Waals surface area (Å²) in [4.78, 5) is 33.4. The topological polar surface area (TPSA) is 181 Å². The predicted octanol–water partition coefficient (Wildman–Crippen LogP) is 8.46. The molecule has 1 atom stereocenters. The number of thioether (sulfide) groups is 1. The summed E-state index contributed by atoms with van der Waals surface area (Å²) in [5.74, 6) is 2.47. The van der Waals surface area contributed by atoms with Crippen LogP contribution in [0.1, 0.15) is 0 Å². The van der Waals surface area contributed by atoms with Gasteiger partial charge in [-0.3, -0.25) is 4.21 Å². The summed E-state index contributed by atoms with van der Waals surface area (Å²) >= 11 is 27.2. The van der Waals surface area contributed by atoms with Crippen molar-refractivity contribution in [2.75, 3.05) is 51.6 Å². The van der Waals surface area contributed by atoms with Gasteiger partial charge >= 0.3 is 0 Å². The first-order chi connectivity index (χ1) is 26.5. The summed E-state index contributed by atoms with van der Waals surface area (Å²) in [5.41, 5.74) is 3.14. The minimum Gasteiger partial charge on any atom is -0.495 e. The summed E-state index contributed by atoms with van der Waals surface area (Å²) < 4.78 is 32.9. The number of rotatable bonds is 12. The third-order valence-electron chi connectivity index (χ3n) is 7.40. The molecule has 0 aliphatic carbocycles. The lowest BCUT2D eigenvalue weighted by Crippen LogP contribution is -2.02. The fourth-order valence-electron chi connectivity index (χ4n) is 4.70. The molecule has 1 unspecified atom stereocenters. The molecule has 0 aliphatic rings. The quantitative estimate of drug-likeness (QED) is 0.0882. The van der Waals surface area contributed by atoms with Gasteiger partial charge in [-0.2, -0.15) is 0 Å². The normalized spacial score (nSPS) is 11.2. The van der Waals surface area contributed by atoms with E-state index in [-0.39, 0.29) is 10.0 Å². The fourth-order valence-corrected chi connectivity index (χ4v) is 6.75. The summed E-state index contributed by atoms with van der Waals surface area (Å²) in [6.45, 7) is 0. The molecule has 0 bridgehead atoms. The van der Waals surface area contributed by atoms with Crippen LogP contribution in [-0.2, 0) is 10.8 Å². The van der Waals surface area contributed by atoms with Crippen LogP contribution in [0.15, 0.2) is 72.0 Å². The second-order valence-corrected chi connectivity index (χ2v) is 14.2. The van der Waals surface area contributed by atoms with Gasteiger partial charge in [0.2, 0.25) is 0 Å². The van der Waals surface area contributed by atoms with Gasteiger partial charge in [0.1, 0.15) is 85.1 Å². The van der Waals surface area contributed by atoms with Crippen molar-refractivity contribution in [3.05, 3.63) is 82.1 Å². The highest BCUT2D eigenvalue weighted by atomic mass is 35.5. The van der Waals surface area contributed by atoms with Gasteiger partial charge in [-0.1, -0.05) is 46.4 Å². The fraction of sp³-hybridized carbons (Fsp3) is 0.176. The molecular formula is C34H30Cl4N10O5S2. The predicted molar refractivity (Wildman–Crippen MR) is 216 cm³/mol. The van der Waals surface area contributed by atoms with E-state index in [2.05, 4.69) is 50.5 Å². The number of halogens is 4. The molecule has 0 amide bonds. The third kappa shape index (κ3) is 9.55. The Labute approximate surface area is 342 Å². The Hall–Kier alpha value is -4.78. The van der Waals surface area contributed by atoms with Crippen LogP contribution in [-0.4, -0.2) is 85.0 Å². The second kappa shape index (κ2) is 19.2. The van der Waals surface area contributed by atoms with Gasteiger partial charge in [0.05, 0.1) is 78.2 Å². The zero-order valence-corrected chi connectivity index (χ0v) is 34.4. The van der Waals surface area contributed by atoms with E-state index in [0.717, 1.165) is 5.03 Å². The number of anilines is 4. The number of methoxy groups -OCH3 is 4. The van der Waals surface area contributed by atoms with Gasteiger partial charge in [0.25, 0.3) is 0 Å². The minimum atomic E-state index is -1.26. The molecule has 4 aromatic heterocycles. The van der Waals surface area contributed by atoms with Crippen LogP contribution in [0.3, 0.4) is 0 Å². The molecule has 0 radical (unpaired) electrons. The summed E-state index contributed by atoms with van der Waals surface area (Å²) in [6.07, 6.45) is 12.3. The van der Waals surface area contributed by atoms with E-state index in [1.165, 1.54) is 71.8 Å². The van der Waals surface area contributed by atoms with Crippen LogP contribution < -0.4 is 29.6 Å². The number of nitrogens with one attached hydrogen (secondary N) is 2. The standard InChI is InChI=1S/C17H15Cl2N5O3S.C17H15Cl2N5O2S/c1-26-11-5-12(27-2)15(19)16(14(11)18)24-17-9(6-20-7-23-17)10-4-13(28(3)25)22-8-21-10;1-25-11-5-12(26-2)15(19)16(14(11)18)24-17-9(6-20-7-23-17)10-4-13(27-3)22-8-21-10/h4-8H,1-3H3,(H,20,23,24);4-8H,1-3H3,(H,20,23,24). The number of benzene rings is 2. The van der Waals surface area contributed by atoms with Gasteiger partial charge in [-0.25, -0.2) is 39.9 Å². The first-order valence-electron chi connectivity index (χ1n) is 15.4. The second-order valence-electron chi connectivity index (χ2n) is 10.5. The van der Waals surface area contributed by atoms with Crippen molar-refractivity contribution in [2.45, 2.75) is 10.1 Å². The smallest absolute Gasteiger partial charge is 0.143 e. The molecule has 2 aromatic carbocycles. The van der Waals surface area contributed by atoms with Crippen molar-refractivity contribution in [3.8, 4) is 45.5 Å². The Morgan fingerprint density at radius 3 is 1.40 bits per heavy atom. The van der Waals surface area contributed by atoms with Gasteiger partial charge in [-0.05, 0) is 18.4 Å². The number of hydrogen-bond acceptors (Lipinski definition) is 16. The highest BCUT2D eigenvalue weighted by molar-refractivity contribution is 7.98. The maximum absolute atomic E-state index is 11.7. The van der Waals surface area contributed by atoms with Crippen LogP contribution in [0.4, 0.5) is 23.0 Å². The zero-order chi connectivity index (χ0) is 39.6. The van der Waals surface area contributed by atoms with E-state index in [1.54, 1.807) is 30.6 Å². The lowest BCUT2D eigenvalue weighted by Gasteiger charge is -2.17. The molecule has 0 fully saturated rings. The van der Waals surface area contributed by atoms with E-state index < -0.39 is 10.8 Å². The highest BCUT2D eigenvalue weighted by Gasteiger charge is 2.21. The summed E-state index contributed by atoms with van der Waals surface area (Å²) in [7, 11) is 4.74. The van der Waals surface area contributed by atoms with E-state index in [1.807, 2.05) is 12.3 Å². The molecule has 6 aromatic rings. The van der Waals surface area contributed by atoms with Crippen molar-refractivity contribution in [1.82, 2.24) is 39.9 Å². The average molecular weight is 865 g/mol. The van der Waals surface area contributed by atoms with E-state index in [4.69, 9.17) is 65.4 Å². The Morgan fingerprint density at radius 1 is 0.582 bits per heavy atom. The van der Waals surface area contributed by atoms with Crippen LogP contribution in [0, 0.1) is 0 Å². The number of hydrogen-bond donors (Lipinski definition) is 2. The molecule has 0 spiro atoms. The molecule has 0 aliphatic heterocycles. The van der Waals surface area contributed by atoms with Crippen LogP contribution in [0.2, 0.25) is 20.1 Å².